The third-order valence-electron chi connectivity index (χ3n) is 7.53. The van der Waals surface area contributed by atoms with Crippen molar-refractivity contribution in [3.8, 4) is 11.1 Å². The molecule has 0 radical (unpaired) electrons. The van der Waals surface area contributed by atoms with Gasteiger partial charge in [0.05, 0.1) is 42.7 Å². The molecular formula is C34H33N3O4. The predicted molar refractivity (Wildman–Crippen MR) is 158 cm³/mol. The lowest BCUT2D eigenvalue weighted by molar-refractivity contribution is -0.252. The van der Waals surface area contributed by atoms with Gasteiger partial charge in [0, 0.05) is 25.5 Å². The highest BCUT2D eigenvalue weighted by atomic mass is 16.7. The van der Waals surface area contributed by atoms with Gasteiger partial charge < -0.3 is 24.5 Å². The van der Waals surface area contributed by atoms with Crippen molar-refractivity contribution in [3.63, 3.8) is 0 Å². The number of aliphatic hydroxyl groups excluding tert-OH is 1. The van der Waals surface area contributed by atoms with Crippen LogP contribution < -0.4 is 5.32 Å². The maximum absolute atomic E-state index is 11.3. The van der Waals surface area contributed by atoms with Crippen LogP contribution in [0.5, 0.6) is 0 Å². The van der Waals surface area contributed by atoms with Crippen molar-refractivity contribution in [2.75, 3.05) is 0 Å². The number of ether oxygens (including phenoxy) is 2. The lowest BCUT2D eigenvalue weighted by atomic mass is 9.99. The zero-order valence-corrected chi connectivity index (χ0v) is 22.9. The summed E-state index contributed by atoms with van der Waals surface area (Å²) in [5, 5.41) is 12.3. The second kappa shape index (κ2) is 12.1. The molecule has 0 unspecified atom stereocenters. The van der Waals surface area contributed by atoms with Gasteiger partial charge in [-0.15, -0.1) is 0 Å². The molecule has 208 valence electrons. The van der Waals surface area contributed by atoms with Crippen LogP contribution in [-0.2, 0) is 34.0 Å². The molecule has 6 rings (SSSR count). The minimum absolute atomic E-state index is 0.0103. The second-order valence-corrected chi connectivity index (χ2v) is 10.5. The number of hydrogen-bond donors (Lipinski definition) is 2. The van der Waals surface area contributed by atoms with Crippen molar-refractivity contribution in [3.05, 3.63) is 126 Å². The largest absolute Gasteiger partial charge is 0.392 e. The zero-order valence-electron chi connectivity index (χ0n) is 22.9. The predicted octanol–water partition coefficient (Wildman–Crippen LogP) is 6.08. The minimum Gasteiger partial charge on any atom is -0.392 e. The molecule has 7 heteroatoms. The molecule has 0 spiro atoms. The molecule has 0 saturated carbocycles. The molecule has 1 aliphatic rings. The highest BCUT2D eigenvalue weighted by Crippen LogP contribution is 2.39. The van der Waals surface area contributed by atoms with Gasteiger partial charge in [0.15, 0.2) is 6.29 Å². The Balaban J connectivity index is 1.25. The van der Waals surface area contributed by atoms with Gasteiger partial charge in [-0.3, -0.25) is 4.79 Å². The van der Waals surface area contributed by atoms with Gasteiger partial charge in [-0.25, -0.2) is 4.98 Å². The average molecular weight is 548 g/mol. The smallest absolute Gasteiger partial charge is 0.217 e. The van der Waals surface area contributed by atoms with Crippen LogP contribution in [0, 0.1) is 0 Å². The first-order chi connectivity index (χ1) is 20.1. The third-order valence-corrected chi connectivity index (χ3v) is 7.53. The number of imidazole rings is 1. The number of carbonyl (C=O) groups excluding carboxylic acids is 1. The summed E-state index contributed by atoms with van der Waals surface area (Å²) in [6.45, 7) is 2.69. The van der Waals surface area contributed by atoms with Crippen LogP contribution >= 0.6 is 0 Å². The summed E-state index contributed by atoms with van der Waals surface area (Å²) >= 11 is 0. The van der Waals surface area contributed by atoms with Crippen LogP contribution in [0.2, 0.25) is 0 Å². The van der Waals surface area contributed by atoms with Crippen LogP contribution in [0.3, 0.4) is 0 Å². The Morgan fingerprint density at radius 1 is 0.902 bits per heavy atom. The van der Waals surface area contributed by atoms with E-state index in [0.29, 0.717) is 19.5 Å². The molecule has 1 fully saturated rings. The van der Waals surface area contributed by atoms with Gasteiger partial charge in [0.25, 0.3) is 0 Å². The van der Waals surface area contributed by atoms with E-state index < -0.39 is 6.29 Å². The Morgan fingerprint density at radius 2 is 1.68 bits per heavy atom. The van der Waals surface area contributed by atoms with Crippen LogP contribution in [0.25, 0.3) is 22.2 Å². The molecule has 1 aromatic heterocycles. The standard InChI is InChI=1S/C34H33N3O4/c1-23(39)35-19-25-5-4-6-29(17-25)26-13-15-28(16-14-26)34-40-30(20-37-22-36-31-7-2-3-8-32(31)37)18-33(41-34)27-11-9-24(21-38)10-12-27/h2-17,22,30,33-34,38H,18-21H2,1H3,(H,35,39)/t30-,33+,34+/m1/s1. The molecule has 2 heterocycles. The second-order valence-electron chi connectivity index (χ2n) is 10.5. The van der Waals surface area contributed by atoms with E-state index in [0.717, 1.165) is 44.4 Å². The van der Waals surface area contributed by atoms with Crippen LogP contribution in [0.1, 0.15) is 48.0 Å². The maximum atomic E-state index is 11.3. The van der Waals surface area contributed by atoms with E-state index in [4.69, 9.17) is 9.47 Å². The molecule has 0 aliphatic carbocycles. The number of aromatic nitrogens is 2. The summed E-state index contributed by atoms with van der Waals surface area (Å²) in [5.74, 6) is -0.0468. The molecule has 4 aromatic carbocycles. The average Bonchev–Trinajstić information content (AvgIpc) is 3.42. The fourth-order valence-electron chi connectivity index (χ4n) is 5.33. The fourth-order valence-corrected chi connectivity index (χ4v) is 5.33. The van der Waals surface area contributed by atoms with Crippen molar-refractivity contribution in [1.82, 2.24) is 14.9 Å². The number of benzene rings is 4. The number of hydrogen-bond acceptors (Lipinski definition) is 5. The van der Waals surface area contributed by atoms with Crippen molar-refractivity contribution in [2.24, 2.45) is 0 Å². The normalized spacial score (nSPS) is 18.8. The number of para-hydroxylation sites is 2. The Labute approximate surface area is 239 Å². The first-order valence-electron chi connectivity index (χ1n) is 13.9. The van der Waals surface area contributed by atoms with Gasteiger partial charge in [-0.05, 0) is 46.0 Å². The van der Waals surface area contributed by atoms with E-state index in [9.17, 15) is 9.90 Å². The van der Waals surface area contributed by atoms with Crippen LogP contribution in [0.4, 0.5) is 0 Å². The summed E-state index contributed by atoms with van der Waals surface area (Å²) in [6.07, 6.45) is 1.77. The van der Waals surface area contributed by atoms with Crippen LogP contribution in [0.15, 0.2) is 103 Å². The van der Waals surface area contributed by atoms with Crippen molar-refractivity contribution in [2.45, 2.75) is 51.5 Å². The molecule has 3 atom stereocenters. The van der Waals surface area contributed by atoms with Crippen molar-refractivity contribution in [1.29, 1.82) is 0 Å². The molecule has 5 aromatic rings. The molecule has 0 bridgehead atoms. The Kier molecular flexibility index (Phi) is 7.91. The zero-order chi connectivity index (χ0) is 28.2. The summed E-state index contributed by atoms with van der Waals surface area (Å²) in [5.41, 5.74) is 8.12. The summed E-state index contributed by atoms with van der Waals surface area (Å²) in [6, 6.07) is 32.5. The van der Waals surface area contributed by atoms with E-state index in [1.165, 1.54) is 6.92 Å². The monoisotopic (exact) mass is 547 g/mol. The lowest BCUT2D eigenvalue weighted by Crippen LogP contribution is -2.32. The number of rotatable bonds is 8. The van der Waals surface area contributed by atoms with Gasteiger partial charge in [0.1, 0.15) is 0 Å². The first-order valence-corrected chi connectivity index (χ1v) is 13.9. The molecule has 1 aliphatic heterocycles. The highest BCUT2D eigenvalue weighted by Gasteiger charge is 2.32. The molecule has 7 nitrogen and oxygen atoms in total. The van der Waals surface area contributed by atoms with Crippen LogP contribution in [-0.4, -0.2) is 26.7 Å². The Morgan fingerprint density at radius 3 is 2.46 bits per heavy atom. The Hall–Kier alpha value is -4.30. The topological polar surface area (TPSA) is 85.6 Å². The van der Waals surface area contributed by atoms with Gasteiger partial charge in [-0.2, -0.15) is 0 Å². The van der Waals surface area contributed by atoms with Gasteiger partial charge >= 0.3 is 0 Å². The minimum atomic E-state index is -0.536. The summed E-state index contributed by atoms with van der Waals surface area (Å²) in [4.78, 5) is 15.9. The number of aliphatic hydroxyl groups is 1. The summed E-state index contributed by atoms with van der Waals surface area (Å²) < 4.78 is 15.2. The van der Waals surface area contributed by atoms with E-state index in [1.54, 1.807) is 0 Å². The number of nitrogens with one attached hydrogen (secondary N) is 1. The SMILES string of the molecule is CC(=O)NCc1cccc(-c2ccc([C@H]3O[C@@H](Cn4cnc5ccccc54)C[C@@H](c4ccc(CO)cc4)O3)cc2)c1. The van der Waals surface area contributed by atoms with E-state index in [-0.39, 0.29) is 24.7 Å². The van der Waals surface area contributed by atoms with Gasteiger partial charge in [-0.1, -0.05) is 78.9 Å². The van der Waals surface area contributed by atoms with Crippen molar-refractivity contribution >= 4 is 16.9 Å². The number of carbonyl (C=O) groups is 1. The summed E-state index contributed by atoms with van der Waals surface area (Å²) in [7, 11) is 0. The lowest BCUT2D eigenvalue weighted by Gasteiger charge is -2.36. The molecule has 41 heavy (non-hydrogen) atoms. The molecule has 2 N–H and O–H groups in total. The fraction of sp³-hybridized carbons (Fsp3) is 0.235. The van der Waals surface area contributed by atoms with Crippen molar-refractivity contribution < 1.29 is 19.4 Å². The molecule has 1 saturated heterocycles. The highest BCUT2D eigenvalue weighted by molar-refractivity contribution is 5.75. The van der Waals surface area contributed by atoms with E-state index >= 15 is 0 Å². The van der Waals surface area contributed by atoms with E-state index in [1.807, 2.05) is 60.9 Å². The van der Waals surface area contributed by atoms with Gasteiger partial charge in [0.2, 0.25) is 5.91 Å². The van der Waals surface area contributed by atoms with E-state index in [2.05, 4.69) is 57.3 Å². The molecular weight excluding hydrogens is 514 g/mol. The third kappa shape index (κ3) is 6.23. The maximum Gasteiger partial charge on any atom is 0.217 e. The Bertz CT molecular complexity index is 1630. The quantitative estimate of drug-likeness (QED) is 0.246. The number of amides is 1. The number of fused-ring (bicyclic) bond motifs is 1. The molecule has 1 amide bonds. The first kappa shape index (κ1) is 26.9. The number of nitrogens with zero attached hydrogens (tertiary/aromatic N) is 2.